The molecule has 3 heterocycles. The number of imidazole rings is 1. The van der Waals surface area contributed by atoms with Crippen LogP contribution in [0.2, 0.25) is 0 Å². The normalized spacial score (nSPS) is 23.0. The van der Waals surface area contributed by atoms with Crippen molar-refractivity contribution in [2.75, 3.05) is 13.2 Å². The van der Waals surface area contributed by atoms with Gasteiger partial charge in [-0.2, -0.15) is 13.2 Å². The van der Waals surface area contributed by atoms with Crippen molar-refractivity contribution >= 4 is 16.9 Å². The molecule has 3 aromatic rings. The highest BCUT2D eigenvalue weighted by atomic mass is 19.4. The Morgan fingerprint density at radius 1 is 1.14 bits per heavy atom. The van der Waals surface area contributed by atoms with Crippen LogP contribution in [-0.4, -0.2) is 46.1 Å². The van der Waals surface area contributed by atoms with Crippen LogP contribution >= 0.6 is 0 Å². The molecule has 1 fully saturated rings. The van der Waals surface area contributed by atoms with Gasteiger partial charge in [-0.05, 0) is 91.8 Å². The molecule has 3 unspecified atom stereocenters. The van der Waals surface area contributed by atoms with Crippen LogP contribution in [0.1, 0.15) is 50.4 Å². The summed E-state index contributed by atoms with van der Waals surface area (Å²) in [5, 5.41) is 0. The third-order valence-corrected chi connectivity index (χ3v) is 7.72. The van der Waals surface area contributed by atoms with Crippen LogP contribution in [0.5, 0.6) is 5.75 Å². The quantitative estimate of drug-likeness (QED) is 0.451. The maximum Gasteiger partial charge on any atom is 0.408 e. The van der Waals surface area contributed by atoms with E-state index in [0.29, 0.717) is 32.3 Å². The molecule has 2 aliphatic heterocycles. The van der Waals surface area contributed by atoms with Crippen LogP contribution in [-0.2, 0) is 11.2 Å². The van der Waals surface area contributed by atoms with E-state index in [2.05, 4.69) is 35.1 Å². The molecule has 0 aliphatic carbocycles. The van der Waals surface area contributed by atoms with E-state index in [9.17, 15) is 18.0 Å². The van der Waals surface area contributed by atoms with E-state index in [1.807, 2.05) is 25.1 Å². The van der Waals surface area contributed by atoms with E-state index in [1.165, 1.54) is 0 Å². The third-order valence-electron chi connectivity index (χ3n) is 7.72. The van der Waals surface area contributed by atoms with E-state index in [1.54, 1.807) is 0 Å². The Balaban J connectivity index is 1.33. The summed E-state index contributed by atoms with van der Waals surface area (Å²) >= 11 is 0. The van der Waals surface area contributed by atoms with E-state index < -0.39 is 12.2 Å². The molecular weight excluding hydrogens is 467 g/mol. The fourth-order valence-corrected chi connectivity index (χ4v) is 5.71. The number of H-pyrrole nitrogens is 1. The van der Waals surface area contributed by atoms with Gasteiger partial charge in [-0.1, -0.05) is 19.1 Å². The van der Waals surface area contributed by atoms with Crippen molar-refractivity contribution < 1.29 is 22.7 Å². The fourth-order valence-electron chi connectivity index (χ4n) is 5.71. The van der Waals surface area contributed by atoms with Crippen molar-refractivity contribution in [2.45, 2.75) is 64.6 Å². The number of aromatic amines is 1. The molecule has 5 rings (SSSR count). The largest absolute Gasteiger partial charge is 0.493 e. The van der Waals surface area contributed by atoms with Crippen LogP contribution in [0.4, 0.5) is 13.2 Å². The fraction of sp³-hybridized carbons (Fsp3) is 0.500. The van der Waals surface area contributed by atoms with Crippen LogP contribution in [0.15, 0.2) is 36.4 Å². The molecule has 1 N–H and O–H groups in total. The van der Waals surface area contributed by atoms with Crippen LogP contribution in [0.25, 0.3) is 22.2 Å². The highest BCUT2D eigenvalue weighted by Gasteiger charge is 2.46. The van der Waals surface area contributed by atoms with Crippen molar-refractivity contribution in [3.63, 3.8) is 0 Å². The molecule has 0 bridgehead atoms. The lowest BCUT2D eigenvalue weighted by Gasteiger charge is -2.38. The summed E-state index contributed by atoms with van der Waals surface area (Å²) in [5.41, 5.74) is 5.10. The number of nitrogens with zero attached hydrogens (tertiary/aromatic N) is 2. The lowest BCUT2D eigenvalue weighted by atomic mass is 9.82. The second-order valence-corrected chi connectivity index (χ2v) is 10.3. The first-order chi connectivity index (χ1) is 17.2. The average molecular weight is 500 g/mol. The number of hydrogen-bond donors (Lipinski definition) is 1. The first-order valence-corrected chi connectivity index (χ1v) is 12.8. The molecule has 0 radical (unpaired) electrons. The summed E-state index contributed by atoms with van der Waals surface area (Å²) in [5.74, 6) is 1.43. The van der Waals surface area contributed by atoms with Gasteiger partial charge in [0.2, 0.25) is 5.91 Å². The van der Waals surface area contributed by atoms with Crippen molar-refractivity contribution in [2.24, 2.45) is 11.8 Å². The number of aromatic nitrogens is 2. The summed E-state index contributed by atoms with van der Waals surface area (Å²) in [4.78, 5) is 21.9. The van der Waals surface area contributed by atoms with Gasteiger partial charge < -0.3 is 14.6 Å². The Hall–Kier alpha value is -3.03. The molecule has 1 aromatic heterocycles. The number of amides is 1. The van der Waals surface area contributed by atoms with Gasteiger partial charge in [0.05, 0.1) is 17.6 Å². The number of halogens is 3. The number of carbonyl (C=O) groups is 1. The number of hydrogen-bond acceptors (Lipinski definition) is 3. The van der Waals surface area contributed by atoms with Gasteiger partial charge in [-0.15, -0.1) is 0 Å². The molecule has 2 aliphatic rings. The molecule has 0 spiro atoms. The second kappa shape index (κ2) is 9.79. The molecule has 192 valence electrons. The number of alkyl halides is 3. The second-order valence-electron chi connectivity index (χ2n) is 10.3. The predicted molar refractivity (Wildman–Crippen MR) is 133 cm³/mol. The van der Waals surface area contributed by atoms with Gasteiger partial charge in [0.1, 0.15) is 17.6 Å². The van der Waals surface area contributed by atoms with Gasteiger partial charge in [-0.25, -0.2) is 4.98 Å². The topological polar surface area (TPSA) is 58.2 Å². The summed E-state index contributed by atoms with van der Waals surface area (Å²) in [6.07, 6.45) is -1.77. The maximum absolute atomic E-state index is 13.5. The van der Waals surface area contributed by atoms with Crippen molar-refractivity contribution in [3.05, 3.63) is 47.8 Å². The number of piperidine rings is 1. The van der Waals surface area contributed by atoms with Crippen LogP contribution in [0, 0.1) is 18.8 Å². The maximum atomic E-state index is 13.5. The zero-order valence-electron chi connectivity index (χ0n) is 20.7. The summed E-state index contributed by atoms with van der Waals surface area (Å²) in [7, 11) is 0. The molecule has 8 heteroatoms. The minimum Gasteiger partial charge on any atom is -0.493 e. The summed E-state index contributed by atoms with van der Waals surface area (Å²) in [6.45, 7) is 4.65. The number of benzene rings is 2. The van der Waals surface area contributed by atoms with E-state index in [4.69, 9.17) is 4.74 Å². The Morgan fingerprint density at radius 3 is 2.72 bits per heavy atom. The van der Waals surface area contributed by atoms with Gasteiger partial charge in [-0.3, -0.25) is 4.79 Å². The standard InChI is InChI=1S/C28H32F3N3O2/c1-17-13-22-14-20(21-6-8-23-24(15-21)33-18(2)32-23)7-9-25(22)36-12-10-19(17)16-27(35)34-11-4-3-5-26(34)28(29,30)31/h6-9,14-15,17,19,26H,3-5,10-13,16H2,1-2H3,(H,32,33). The third kappa shape index (κ3) is 5.08. The number of likely N-dealkylation sites (tertiary alicyclic amines) is 1. The Kier molecular flexibility index (Phi) is 6.70. The van der Waals surface area contributed by atoms with Gasteiger partial charge in [0.15, 0.2) is 0 Å². The molecule has 1 amide bonds. The molecule has 2 aromatic carbocycles. The van der Waals surface area contributed by atoms with E-state index in [0.717, 1.165) is 44.2 Å². The van der Waals surface area contributed by atoms with Crippen LogP contribution in [0.3, 0.4) is 0 Å². The van der Waals surface area contributed by atoms with Gasteiger partial charge >= 0.3 is 6.18 Å². The zero-order chi connectivity index (χ0) is 25.4. The number of fused-ring (bicyclic) bond motifs is 2. The molecule has 36 heavy (non-hydrogen) atoms. The molecule has 1 saturated heterocycles. The smallest absolute Gasteiger partial charge is 0.408 e. The predicted octanol–water partition coefficient (Wildman–Crippen LogP) is 6.45. The zero-order valence-corrected chi connectivity index (χ0v) is 20.7. The SMILES string of the molecule is Cc1nc2ccc(-c3ccc4c(c3)CC(C)C(CC(=O)N3CCCCC3C(F)(F)F)CCO4)cc2[nH]1. The Labute approximate surface area is 209 Å². The monoisotopic (exact) mass is 499 g/mol. The number of rotatable bonds is 3. The number of aryl methyl sites for hydroxylation is 1. The molecule has 3 atom stereocenters. The summed E-state index contributed by atoms with van der Waals surface area (Å²) in [6, 6.07) is 10.6. The van der Waals surface area contributed by atoms with Crippen LogP contribution < -0.4 is 4.74 Å². The highest BCUT2D eigenvalue weighted by Crippen LogP contribution is 2.37. The van der Waals surface area contributed by atoms with Gasteiger partial charge in [0, 0.05) is 13.0 Å². The van der Waals surface area contributed by atoms with Crippen molar-refractivity contribution in [1.29, 1.82) is 0 Å². The average Bonchev–Trinajstić information content (AvgIpc) is 3.21. The first kappa shape index (κ1) is 24.7. The highest BCUT2D eigenvalue weighted by molar-refractivity contribution is 5.82. The Bertz CT molecular complexity index is 1250. The lowest BCUT2D eigenvalue weighted by Crippen LogP contribution is -2.51. The minimum atomic E-state index is -4.38. The van der Waals surface area contributed by atoms with E-state index in [-0.39, 0.29) is 37.1 Å². The Morgan fingerprint density at radius 2 is 1.92 bits per heavy atom. The van der Waals surface area contributed by atoms with E-state index >= 15 is 0 Å². The molecule has 0 saturated carbocycles. The number of carbonyl (C=O) groups excluding carboxylic acids is 1. The van der Waals surface area contributed by atoms with Gasteiger partial charge in [0.25, 0.3) is 0 Å². The molecular formula is C28H32F3N3O2. The molecule has 5 nitrogen and oxygen atoms in total. The van der Waals surface area contributed by atoms with Crippen molar-refractivity contribution in [1.82, 2.24) is 14.9 Å². The first-order valence-electron chi connectivity index (χ1n) is 12.8. The lowest BCUT2D eigenvalue weighted by molar-refractivity contribution is -0.196. The number of ether oxygens (including phenoxy) is 1. The van der Waals surface area contributed by atoms with Crippen molar-refractivity contribution in [3.8, 4) is 16.9 Å². The summed E-state index contributed by atoms with van der Waals surface area (Å²) < 4.78 is 46.7. The minimum absolute atomic E-state index is 0.00136. The number of nitrogens with one attached hydrogen (secondary N) is 1.